The van der Waals surface area contributed by atoms with Crippen molar-refractivity contribution in [1.82, 2.24) is 0 Å². The molecule has 0 aromatic heterocycles. The summed E-state index contributed by atoms with van der Waals surface area (Å²) >= 11 is 0. The SMILES string of the molecule is Cc1ccc(OCC(=O)O[C@H]2CCS(=O)(=O)C2)cc1. The third kappa shape index (κ3) is 4.24. The predicted octanol–water partition coefficient (Wildman–Crippen LogP) is 1.10. The van der Waals surface area contributed by atoms with Gasteiger partial charge in [0.05, 0.1) is 11.5 Å². The van der Waals surface area contributed by atoms with Gasteiger partial charge in [0.25, 0.3) is 0 Å². The average Bonchev–Trinajstić information content (AvgIpc) is 2.68. The zero-order valence-electron chi connectivity index (χ0n) is 10.7. The Balaban J connectivity index is 1.77. The summed E-state index contributed by atoms with van der Waals surface area (Å²) in [6.45, 7) is 1.75. The number of carbonyl (C=O) groups excluding carboxylic acids is 1. The minimum Gasteiger partial charge on any atom is -0.482 e. The molecule has 1 fully saturated rings. The molecule has 0 aliphatic carbocycles. The molecule has 0 bridgehead atoms. The lowest BCUT2D eigenvalue weighted by Crippen LogP contribution is -2.23. The fourth-order valence-corrected chi connectivity index (χ4v) is 3.44. The molecular formula is C13H16O5S. The van der Waals surface area contributed by atoms with Crippen molar-refractivity contribution in [2.75, 3.05) is 18.1 Å². The lowest BCUT2D eigenvalue weighted by molar-refractivity contribution is -0.150. The van der Waals surface area contributed by atoms with Gasteiger partial charge >= 0.3 is 5.97 Å². The Morgan fingerprint density at radius 2 is 2.00 bits per heavy atom. The summed E-state index contributed by atoms with van der Waals surface area (Å²) in [5.74, 6) is 0.0526. The molecule has 0 N–H and O–H groups in total. The maximum Gasteiger partial charge on any atom is 0.344 e. The Bertz CT molecular complexity index is 547. The lowest BCUT2D eigenvalue weighted by atomic mass is 10.2. The van der Waals surface area contributed by atoms with E-state index in [1.807, 2.05) is 19.1 Å². The van der Waals surface area contributed by atoms with E-state index in [4.69, 9.17) is 9.47 Å². The lowest BCUT2D eigenvalue weighted by Gasteiger charge is -2.11. The first-order valence-electron chi connectivity index (χ1n) is 6.04. The smallest absolute Gasteiger partial charge is 0.344 e. The second-order valence-electron chi connectivity index (χ2n) is 4.62. The van der Waals surface area contributed by atoms with E-state index in [1.165, 1.54) is 0 Å². The molecule has 1 saturated heterocycles. The van der Waals surface area contributed by atoms with Crippen LogP contribution in [0.25, 0.3) is 0 Å². The molecule has 1 atom stereocenters. The van der Waals surface area contributed by atoms with Crippen molar-refractivity contribution >= 4 is 15.8 Å². The van der Waals surface area contributed by atoms with Crippen molar-refractivity contribution < 1.29 is 22.7 Å². The maximum atomic E-state index is 11.5. The first-order chi connectivity index (χ1) is 8.94. The average molecular weight is 284 g/mol. The van der Waals surface area contributed by atoms with Crippen LogP contribution in [0.1, 0.15) is 12.0 Å². The van der Waals surface area contributed by atoms with Crippen LogP contribution in [0.5, 0.6) is 5.75 Å². The fourth-order valence-electron chi connectivity index (χ4n) is 1.85. The number of sulfone groups is 1. The molecule has 0 amide bonds. The summed E-state index contributed by atoms with van der Waals surface area (Å²) in [7, 11) is -3.03. The quantitative estimate of drug-likeness (QED) is 0.774. The Hall–Kier alpha value is -1.56. The second kappa shape index (κ2) is 5.61. The highest BCUT2D eigenvalue weighted by Gasteiger charge is 2.30. The number of benzene rings is 1. The van der Waals surface area contributed by atoms with Gasteiger partial charge in [0.1, 0.15) is 11.9 Å². The maximum absolute atomic E-state index is 11.5. The summed E-state index contributed by atoms with van der Waals surface area (Å²) in [5, 5.41) is 0. The van der Waals surface area contributed by atoms with Crippen LogP contribution in [-0.4, -0.2) is 38.6 Å². The van der Waals surface area contributed by atoms with E-state index in [-0.39, 0.29) is 18.1 Å². The third-order valence-electron chi connectivity index (χ3n) is 2.87. The topological polar surface area (TPSA) is 69.7 Å². The van der Waals surface area contributed by atoms with E-state index in [9.17, 15) is 13.2 Å². The number of rotatable bonds is 4. The monoisotopic (exact) mass is 284 g/mol. The summed E-state index contributed by atoms with van der Waals surface area (Å²) in [6.07, 6.45) is -0.155. The van der Waals surface area contributed by atoms with Gasteiger partial charge in [-0.2, -0.15) is 0 Å². The van der Waals surface area contributed by atoms with Crippen LogP contribution in [0.15, 0.2) is 24.3 Å². The summed E-state index contributed by atoms with van der Waals surface area (Å²) in [5.41, 5.74) is 1.10. The zero-order chi connectivity index (χ0) is 13.9. The number of esters is 1. The van der Waals surface area contributed by atoms with Crippen LogP contribution in [-0.2, 0) is 19.4 Å². The van der Waals surface area contributed by atoms with Crippen LogP contribution >= 0.6 is 0 Å². The first kappa shape index (κ1) is 13.9. The Morgan fingerprint density at radius 1 is 1.32 bits per heavy atom. The molecule has 1 heterocycles. The van der Waals surface area contributed by atoms with Gasteiger partial charge in [0.2, 0.25) is 0 Å². The molecule has 1 aromatic rings. The summed E-state index contributed by atoms with van der Waals surface area (Å²) in [6, 6.07) is 7.29. The second-order valence-corrected chi connectivity index (χ2v) is 6.85. The van der Waals surface area contributed by atoms with Gasteiger partial charge in [-0.25, -0.2) is 13.2 Å². The number of hydrogen-bond acceptors (Lipinski definition) is 5. The van der Waals surface area contributed by atoms with Crippen LogP contribution in [0.2, 0.25) is 0 Å². The summed E-state index contributed by atoms with van der Waals surface area (Å²) in [4.78, 5) is 11.5. The number of aryl methyl sites for hydroxylation is 1. The van der Waals surface area contributed by atoms with Crippen molar-refractivity contribution in [2.45, 2.75) is 19.4 Å². The van der Waals surface area contributed by atoms with Gasteiger partial charge in [-0.05, 0) is 25.5 Å². The van der Waals surface area contributed by atoms with Gasteiger partial charge in [-0.15, -0.1) is 0 Å². The van der Waals surface area contributed by atoms with Crippen LogP contribution in [0.4, 0.5) is 0 Å². The normalized spacial score (nSPS) is 21.0. The Morgan fingerprint density at radius 3 is 2.58 bits per heavy atom. The molecule has 0 radical (unpaired) electrons. The number of hydrogen-bond donors (Lipinski definition) is 0. The predicted molar refractivity (Wildman–Crippen MR) is 69.8 cm³/mol. The van der Waals surface area contributed by atoms with E-state index in [1.54, 1.807) is 12.1 Å². The van der Waals surface area contributed by atoms with Crippen molar-refractivity contribution in [3.8, 4) is 5.75 Å². The van der Waals surface area contributed by atoms with E-state index >= 15 is 0 Å². The number of ether oxygens (including phenoxy) is 2. The third-order valence-corrected chi connectivity index (χ3v) is 4.60. The highest BCUT2D eigenvalue weighted by molar-refractivity contribution is 7.91. The molecular weight excluding hydrogens is 268 g/mol. The van der Waals surface area contributed by atoms with Gasteiger partial charge in [-0.1, -0.05) is 17.7 Å². The minimum atomic E-state index is -3.03. The van der Waals surface area contributed by atoms with E-state index in [0.717, 1.165) is 5.56 Å². The molecule has 5 nitrogen and oxygen atoms in total. The van der Waals surface area contributed by atoms with Crippen LogP contribution in [0.3, 0.4) is 0 Å². The van der Waals surface area contributed by atoms with E-state index in [0.29, 0.717) is 12.2 Å². The Labute approximate surface area is 112 Å². The molecule has 1 aliphatic rings. The molecule has 104 valence electrons. The molecule has 19 heavy (non-hydrogen) atoms. The molecule has 0 spiro atoms. The molecule has 0 unspecified atom stereocenters. The summed E-state index contributed by atoms with van der Waals surface area (Å²) < 4.78 is 32.7. The van der Waals surface area contributed by atoms with Gasteiger partial charge in [0.15, 0.2) is 16.4 Å². The van der Waals surface area contributed by atoms with Crippen molar-refractivity contribution in [1.29, 1.82) is 0 Å². The standard InChI is InChI=1S/C13H16O5S/c1-10-2-4-11(5-3-10)17-8-13(14)18-12-6-7-19(15,16)9-12/h2-5,12H,6-9H2,1H3/t12-/m0/s1. The molecule has 2 rings (SSSR count). The van der Waals surface area contributed by atoms with Crippen molar-refractivity contribution in [3.05, 3.63) is 29.8 Å². The largest absolute Gasteiger partial charge is 0.482 e. The van der Waals surface area contributed by atoms with E-state index in [2.05, 4.69) is 0 Å². The highest BCUT2D eigenvalue weighted by Crippen LogP contribution is 2.15. The number of carbonyl (C=O) groups is 1. The molecule has 1 aliphatic heterocycles. The van der Waals surface area contributed by atoms with Gasteiger partial charge < -0.3 is 9.47 Å². The van der Waals surface area contributed by atoms with Gasteiger partial charge in [-0.3, -0.25) is 0 Å². The highest BCUT2D eigenvalue weighted by atomic mass is 32.2. The van der Waals surface area contributed by atoms with E-state index < -0.39 is 21.9 Å². The minimum absolute atomic E-state index is 0.0801. The zero-order valence-corrected chi connectivity index (χ0v) is 11.5. The molecule has 6 heteroatoms. The van der Waals surface area contributed by atoms with Crippen LogP contribution in [0, 0.1) is 6.92 Å². The first-order valence-corrected chi connectivity index (χ1v) is 7.86. The van der Waals surface area contributed by atoms with Gasteiger partial charge in [0, 0.05) is 0 Å². The fraction of sp³-hybridized carbons (Fsp3) is 0.462. The molecule has 1 aromatic carbocycles. The van der Waals surface area contributed by atoms with Crippen molar-refractivity contribution in [2.24, 2.45) is 0 Å². The van der Waals surface area contributed by atoms with Crippen molar-refractivity contribution in [3.63, 3.8) is 0 Å². The Kier molecular flexibility index (Phi) is 4.09. The molecule has 0 saturated carbocycles. The van der Waals surface area contributed by atoms with Crippen LogP contribution < -0.4 is 4.74 Å².